The average molecular weight is 375 g/mol. The van der Waals surface area contributed by atoms with E-state index in [1.807, 2.05) is 65.0 Å². The number of carbonyl (C=O) groups is 1. The van der Waals surface area contributed by atoms with Gasteiger partial charge in [-0.1, -0.05) is 29.8 Å². The van der Waals surface area contributed by atoms with Crippen molar-refractivity contribution in [2.45, 2.75) is 34.6 Å². The Morgan fingerprint density at radius 3 is 2.46 bits per heavy atom. The van der Waals surface area contributed by atoms with Crippen LogP contribution in [0.5, 0.6) is 0 Å². The van der Waals surface area contributed by atoms with Gasteiger partial charge in [0.1, 0.15) is 5.58 Å². The third-order valence-corrected chi connectivity index (χ3v) is 5.20. The van der Waals surface area contributed by atoms with Crippen LogP contribution in [0.25, 0.3) is 22.2 Å². The molecule has 2 heterocycles. The molecule has 2 aromatic heterocycles. The van der Waals surface area contributed by atoms with Crippen molar-refractivity contribution in [3.63, 3.8) is 0 Å². The highest BCUT2D eigenvalue weighted by Gasteiger charge is 2.23. The predicted molar refractivity (Wildman–Crippen MR) is 108 cm³/mol. The quantitative estimate of drug-likeness (QED) is 0.527. The topological polar surface area (TPSA) is 81.2 Å². The lowest BCUT2D eigenvalue weighted by molar-refractivity contribution is 0.0997. The van der Waals surface area contributed by atoms with Crippen LogP contribution in [0.3, 0.4) is 0 Å². The first-order valence-corrected chi connectivity index (χ1v) is 9.07. The molecule has 1 amide bonds. The van der Waals surface area contributed by atoms with Crippen LogP contribution >= 0.6 is 0 Å². The molecule has 0 spiro atoms. The van der Waals surface area contributed by atoms with E-state index in [0.717, 1.165) is 44.3 Å². The highest BCUT2D eigenvalue weighted by molar-refractivity contribution is 6.07. The van der Waals surface area contributed by atoms with Crippen LogP contribution in [0.15, 0.2) is 39.4 Å². The van der Waals surface area contributed by atoms with E-state index in [1.54, 1.807) is 0 Å². The number of aryl methyl sites for hydroxylation is 5. The van der Waals surface area contributed by atoms with Crippen molar-refractivity contribution in [2.24, 2.45) is 0 Å². The minimum absolute atomic E-state index is 0.263. The zero-order valence-corrected chi connectivity index (χ0v) is 16.5. The Labute approximate surface area is 162 Å². The number of anilines is 1. The average Bonchev–Trinajstić information content (AvgIpc) is 3.25. The van der Waals surface area contributed by atoms with E-state index in [0.29, 0.717) is 5.69 Å². The lowest BCUT2D eigenvalue weighted by Crippen LogP contribution is -2.13. The number of amides is 1. The van der Waals surface area contributed by atoms with Crippen LogP contribution in [0, 0.1) is 34.6 Å². The summed E-state index contributed by atoms with van der Waals surface area (Å²) in [6.07, 6.45) is 0. The van der Waals surface area contributed by atoms with Crippen molar-refractivity contribution in [1.82, 2.24) is 10.3 Å². The third-order valence-electron chi connectivity index (χ3n) is 5.20. The maximum atomic E-state index is 12.9. The van der Waals surface area contributed by atoms with Crippen molar-refractivity contribution >= 4 is 22.7 Å². The first-order valence-electron chi connectivity index (χ1n) is 9.07. The molecule has 0 radical (unpaired) electrons. The summed E-state index contributed by atoms with van der Waals surface area (Å²) >= 11 is 0. The summed E-state index contributed by atoms with van der Waals surface area (Å²) in [6, 6.07) is 10.0. The number of rotatable bonds is 3. The summed E-state index contributed by atoms with van der Waals surface area (Å²) < 4.78 is 10.8. The summed E-state index contributed by atoms with van der Waals surface area (Å²) in [5, 5.41) is 11.6. The molecule has 28 heavy (non-hydrogen) atoms. The van der Waals surface area contributed by atoms with Gasteiger partial charge in [-0.15, -0.1) is 0 Å². The van der Waals surface area contributed by atoms with Crippen molar-refractivity contribution in [3.8, 4) is 11.3 Å². The van der Waals surface area contributed by atoms with Crippen molar-refractivity contribution in [2.75, 3.05) is 5.32 Å². The number of nitrogens with one attached hydrogen (secondary N) is 1. The van der Waals surface area contributed by atoms with Crippen LogP contribution in [0.4, 0.5) is 5.82 Å². The normalized spacial score (nSPS) is 11.2. The van der Waals surface area contributed by atoms with Gasteiger partial charge in [0.05, 0.1) is 0 Å². The van der Waals surface area contributed by atoms with Gasteiger partial charge in [-0.25, -0.2) is 4.63 Å². The van der Waals surface area contributed by atoms with Gasteiger partial charge in [-0.2, -0.15) is 0 Å². The van der Waals surface area contributed by atoms with E-state index in [4.69, 9.17) is 9.05 Å². The van der Waals surface area contributed by atoms with Gasteiger partial charge in [0, 0.05) is 16.5 Å². The Morgan fingerprint density at radius 2 is 1.68 bits per heavy atom. The minimum atomic E-state index is -0.381. The number of aromatic nitrogens is 2. The molecule has 6 heteroatoms. The number of furan rings is 1. The van der Waals surface area contributed by atoms with Gasteiger partial charge in [0.15, 0.2) is 11.5 Å². The first-order chi connectivity index (χ1) is 13.4. The zero-order valence-electron chi connectivity index (χ0n) is 16.5. The van der Waals surface area contributed by atoms with E-state index in [-0.39, 0.29) is 17.5 Å². The molecule has 0 fully saturated rings. The molecule has 6 nitrogen and oxygen atoms in total. The molecule has 0 unspecified atom stereocenters. The smallest absolute Gasteiger partial charge is 0.292 e. The van der Waals surface area contributed by atoms with Gasteiger partial charge in [0.25, 0.3) is 5.91 Å². The minimum Gasteiger partial charge on any atom is -0.450 e. The van der Waals surface area contributed by atoms with Crippen molar-refractivity contribution in [1.29, 1.82) is 0 Å². The number of carbonyl (C=O) groups excluding carboxylic acids is 1. The summed E-state index contributed by atoms with van der Waals surface area (Å²) in [4.78, 5) is 12.9. The van der Waals surface area contributed by atoms with Crippen LogP contribution in [0.1, 0.15) is 38.4 Å². The second-order valence-corrected chi connectivity index (χ2v) is 7.17. The molecule has 142 valence electrons. The van der Waals surface area contributed by atoms with Crippen LogP contribution in [0.2, 0.25) is 0 Å². The van der Waals surface area contributed by atoms with Crippen molar-refractivity contribution in [3.05, 3.63) is 63.9 Å². The Morgan fingerprint density at radius 1 is 0.929 bits per heavy atom. The molecule has 0 aliphatic carbocycles. The standard InChI is InChI=1S/C22H21N3O3/c1-11-6-7-13(3)17(10-11)18-21(25-28-24-18)23-22(26)20-15(5)16-9-8-12(2)14(4)19(16)27-20/h6-10H,1-5H3,(H,23,25,26). The van der Waals surface area contributed by atoms with Crippen LogP contribution < -0.4 is 5.32 Å². The molecular formula is C22H21N3O3. The number of fused-ring (bicyclic) bond motifs is 1. The van der Waals surface area contributed by atoms with Crippen LogP contribution in [-0.2, 0) is 0 Å². The molecule has 4 aromatic rings. The predicted octanol–water partition coefficient (Wildman–Crippen LogP) is 5.28. The monoisotopic (exact) mass is 375 g/mol. The largest absolute Gasteiger partial charge is 0.450 e. The third kappa shape index (κ3) is 2.87. The van der Waals surface area contributed by atoms with E-state index in [2.05, 4.69) is 15.6 Å². The van der Waals surface area contributed by atoms with E-state index in [1.165, 1.54) is 0 Å². The Kier molecular flexibility index (Phi) is 4.26. The molecule has 0 aliphatic heterocycles. The maximum absolute atomic E-state index is 12.9. The number of benzene rings is 2. The molecule has 0 saturated heterocycles. The first kappa shape index (κ1) is 18.0. The SMILES string of the molecule is Cc1ccc(C)c(-c2nonc2NC(=O)c2oc3c(C)c(C)ccc3c2C)c1. The number of hydrogen-bond donors (Lipinski definition) is 1. The summed E-state index contributed by atoms with van der Waals surface area (Å²) in [5.41, 5.74) is 7.13. The number of nitrogens with zero attached hydrogens (tertiary/aromatic N) is 2. The van der Waals surface area contributed by atoms with Gasteiger partial charge < -0.3 is 4.42 Å². The molecule has 2 aromatic carbocycles. The van der Waals surface area contributed by atoms with E-state index >= 15 is 0 Å². The fourth-order valence-electron chi connectivity index (χ4n) is 3.34. The second kappa shape index (κ2) is 6.64. The van der Waals surface area contributed by atoms with E-state index < -0.39 is 0 Å². The molecule has 0 saturated carbocycles. The lowest BCUT2D eigenvalue weighted by atomic mass is 10.0. The molecule has 4 rings (SSSR count). The zero-order chi connectivity index (χ0) is 20.0. The molecule has 0 bridgehead atoms. The van der Waals surface area contributed by atoms with E-state index in [9.17, 15) is 4.79 Å². The van der Waals surface area contributed by atoms with Gasteiger partial charge >= 0.3 is 0 Å². The summed E-state index contributed by atoms with van der Waals surface area (Å²) in [6.45, 7) is 9.86. The summed E-state index contributed by atoms with van der Waals surface area (Å²) in [7, 11) is 0. The molecule has 0 atom stereocenters. The Bertz CT molecular complexity index is 1220. The fourth-order valence-corrected chi connectivity index (χ4v) is 3.34. The van der Waals surface area contributed by atoms with Gasteiger partial charge in [-0.05, 0) is 67.7 Å². The summed E-state index contributed by atoms with van der Waals surface area (Å²) in [5.74, 6) is 0.151. The Hall–Kier alpha value is -3.41. The Balaban J connectivity index is 1.72. The maximum Gasteiger partial charge on any atom is 0.292 e. The molecule has 1 N–H and O–H groups in total. The van der Waals surface area contributed by atoms with Crippen LogP contribution in [-0.4, -0.2) is 16.2 Å². The highest BCUT2D eigenvalue weighted by Crippen LogP contribution is 2.32. The molecular weight excluding hydrogens is 354 g/mol. The van der Waals surface area contributed by atoms with Crippen molar-refractivity contribution < 1.29 is 13.8 Å². The fraction of sp³-hybridized carbons (Fsp3) is 0.227. The van der Waals surface area contributed by atoms with Gasteiger partial charge in [0.2, 0.25) is 5.82 Å². The lowest BCUT2D eigenvalue weighted by Gasteiger charge is -2.06. The van der Waals surface area contributed by atoms with Gasteiger partial charge in [-0.3, -0.25) is 10.1 Å². The molecule has 0 aliphatic rings. The number of hydrogen-bond acceptors (Lipinski definition) is 5. The highest BCUT2D eigenvalue weighted by atomic mass is 16.6. The second-order valence-electron chi connectivity index (χ2n) is 7.17.